The molecule has 7 nitrogen and oxygen atoms in total. The predicted octanol–water partition coefficient (Wildman–Crippen LogP) is 4.72. The summed E-state index contributed by atoms with van der Waals surface area (Å²) in [5, 5.41) is 2.60. The molecule has 0 saturated carbocycles. The molecule has 0 unspecified atom stereocenters. The molecule has 0 atom stereocenters. The second-order valence-corrected chi connectivity index (χ2v) is 6.84. The summed E-state index contributed by atoms with van der Waals surface area (Å²) in [4.78, 5) is 43.1. The smallest absolute Gasteiger partial charge is 0.406 e. The molecule has 0 spiro atoms. The van der Waals surface area contributed by atoms with Crippen LogP contribution in [0.15, 0.2) is 48.8 Å². The zero-order valence-electron chi connectivity index (χ0n) is 17.1. The van der Waals surface area contributed by atoms with Crippen LogP contribution in [0.2, 0.25) is 0 Å². The standard InChI is InChI=1S/C22H17F4N3O4/c1-2-17(30)19-20(28-11-27-19)21(32)29-13-5-3-12(4-6-13)9-18(31)15-8-7-14(10-16(15)23)33-22(24,25)26/h3-8,10-11H,2,9H2,1H3,(H,27,28)(H,29,32). The highest BCUT2D eigenvalue weighted by molar-refractivity contribution is 6.10. The molecule has 0 aliphatic carbocycles. The van der Waals surface area contributed by atoms with Crippen LogP contribution in [-0.2, 0) is 6.42 Å². The van der Waals surface area contributed by atoms with Crippen molar-refractivity contribution in [2.24, 2.45) is 0 Å². The van der Waals surface area contributed by atoms with Crippen molar-refractivity contribution in [3.05, 3.63) is 77.1 Å². The number of carbonyl (C=O) groups excluding carboxylic acids is 3. The summed E-state index contributed by atoms with van der Waals surface area (Å²) in [6, 6.07) is 8.34. The van der Waals surface area contributed by atoms with Crippen molar-refractivity contribution in [1.29, 1.82) is 0 Å². The van der Waals surface area contributed by atoms with Crippen LogP contribution in [0.1, 0.15) is 50.2 Å². The summed E-state index contributed by atoms with van der Waals surface area (Å²) in [5.74, 6) is -3.42. The normalized spacial score (nSPS) is 11.2. The van der Waals surface area contributed by atoms with E-state index >= 15 is 0 Å². The molecule has 2 aromatic carbocycles. The monoisotopic (exact) mass is 463 g/mol. The van der Waals surface area contributed by atoms with Crippen LogP contribution in [0, 0.1) is 5.82 Å². The Morgan fingerprint density at radius 2 is 1.76 bits per heavy atom. The van der Waals surface area contributed by atoms with E-state index in [9.17, 15) is 31.9 Å². The van der Waals surface area contributed by atoms with Crippen molar-refractivity contribution >= 4 is 23.2 Å². The number of aromatic amines is 1. The molecule has 0 fully saturated rings. The number of nitrogens with zero attached hydrogens (tertiary/aromatic N) is 1. The molecule has 0 aliphatic heterocycles. The van der Waals surface area contributed by atoms with Crippen LogP contribution < -0.4 is 10.1 Å². The van der Waals surface area contributed by atoms with Gasteiger partial charge in [-0.05, 0) is 29.8 Å². The van der Waals surface area contributed by atoms with E-state index in [0.717, 1.165) is 12.1 Å². The number of alkyl halides is 3. The zero-order chi connectivity index (χ0) is 24.2. The van der Waals surface area contributed by atoms with Gasteiger partial charge in [0, 0.05) is 24.6 Å². The fraction of sp³-hybridized carbons (Fsp3) is 0.182. The van der Waals surface area contributed by atoms with Crippen molar-refractivity contribution in [2.75, 3.05) is 5.32 Å². The molecule has 1 heterocycles. The maximum atomic E-state index is 14.1. The van der Waals surface area contributed by atoms with E-state index in [-0.39, 0.29) is 35.6 Å². The molecule has 0 saturated heterocycles. The molecule has 172 valence electrons. The Morgan fingerprint density at radius 3 is 2.36 bits per heavy atom. The van der Waals surface area contributed by atoms with Crippen LogP contribution in [-0.4, -0.2) is 33.8 Å². The van der Waals surface area contributed by atoms with Gasteiger partial charge in [0.15, 0.2) is 11.6 Å². The quantitative estimate of drug-likeness (QED) is 0.372. The van der Waals surface area contributed by atoms with Crippen LogP contribution >= 0.6 is 0 Å². The molecule has 3 aromatic rings. The second-order valence-electron chi connectivity index (χ2n) is 6.84. The van der Waals surface area contributed by atoms with Gasteiger partial charge >= 0.3 is 6.36 Å². The lowest BCUT2D eigenvalue weighted by Crippen LogP contribution is -2.17. The number of ketones is 2. The highest BCUT2D eigenvalue weighted by Crippen LogP contribution is 2.25. The highest BCUT2D eigenvalue weighted by Gasteiger charge is 2.31. The molecule has 3 rings (SSSR count). The molecule has 11 heteroatoms. The molecule has 0 bridgehead atoms. The van der Waals surface area contributed by atoms with Gasteiger partial charge in [-0.1, -0.05) is 19.1 Å². The van der Waals surface area contributed by atoms with E-state index in [1.807, 2.05) is 0 Å². The van der Waals surface area contributed by atoms with Gasteiger partial charge in [0.25, 0.3) is 5.91 Å². The fourth-order valence-corrected chi connectivity index (χ4v) is 2.95. The van der Waals surface area contributed by atoms with E-state index in [1.165, 1.54) is 30.6 Å². The summed E-state index contributed by atoms with van der Waals surface area (Å²) >= 11 is 0. The van der Waals surface area contributed by atoms with Crippen molar-refractivity contribution < 1.29 is 36.7 Å². The predicted molar refractivity (Wildman–Crippen MR) is 109 cm³/mol. The molecule has 1 aromatic heterocycles. The first-order valence-corrected chi connectivity index (χ1v) is 9.62. The van der Waals surface area contributed by atoms with Gasteiger partial charge in [0.2, 0.25) is 0 Å². The fourth-order valence-electron chi connectivity index (χ4n) is 2.95. The number of H-pyrrole nitrogens is 1. The van der Waals surface area contributed by atoms with E-state index in [0.29, 0.717) is 17.3 Å². The molecule has 0 aliphatic rings. The van der Waals surface area contributed by atoms with Crippen molar-refractivity contribution in [3.63, 3.8) is 0 Å². The van der Waals surface area contributed by atoms with Gasteiger partial charge in [-0.3, -0.25) is 14.4 Å². The number of imidazole rings is 1. The average Bonchev–Trinajstić information content (AvgIpc) is 3.23. The third-order valence-corrected chi connectivity index (χ3v) is 4.50. The molecule has 1 amide bonds. The Kier molecular flexibility index (Phi) is 6.90. The number of ether oxygens (including phenoxy) is 1. The molecular weight excluding hydrogens is 446 g/mol. The van der Waals surface area contributed by atoms with Crippen LogP contribution in [0.5, 0.6) is 5.75 Å². The lowest BCUT2D eigenvalue weighted by molar-refractivity contribution is -0.274. The van der Waals surface area contributed by atoms with Crippen molar-refractivity contribution in [3.8, 4) is 5.75 Å². The van der Waals surface area contributed by atoms with E-state index < -0.39 is 29.6 Å². The average molecular weight is 463 g/mol. The third kappa shape index (κ3) is 6.03. The summed E-state index contributed by atoms with van der Waals surface area (Å²) in [5.41, 5.74) is 0.534. The number of anilines is 1. The van der Waals surface area contributed by atoms with E-state index in [4.69, 9.17) is 0 Å². The van der Waals surface area contributed by atoms with Crippen LogP contribution in [0.4, 0.5) is 23.2 Å². The van der Waals surface area contributed by atoms with Gasteiger partial charge in [0.1, 0.15) is 23.0 Å². The Balaban J connectivity index is 1.65. The minimum absolute atomic E-state index is 0.0227. The number of aromatic nitrogens is 2. The van der Waals surface area contributed by atoms with Crippen molar-refractivity contribution in [2.45, 2.75) is 26.1 Å². The Bertz CT molecular complexity index is 1190. The maximum absolute atomic E-state index is 14.1. The molecule has 33 heavy (non-hydrogen) atoms. The SMILES string of the molecule is CCC(=O)c1nc[nH]c1C(=O)Nc1ccc(CC(=O)c2ccc(OC(F)(F)F)cc2F)cc1. The van der Waals surface area contributed by atoms with Gasteiger partial charge in [-0.15, -0.1) is 13.2 Å². The van der Waals surface area contributed by atoms with Gasteiger partial charge in [0.05, 0.1) is 11.9 Å². The number of Topliss-reactive ketones (excluding diaryl/α,β-unsaturated/α-hetero) is 2. The number of hydrogen-bond acceptors (Lipinski definition) is 5. The first-order chi connectivity index (χ1) is 15.6. The third-order valence-electron chi connectivity index (χ3n) is 4.50. The topological polar surface area (TPSA) is 101 Å². The number of halogens is 4. The summed E-state index contributed by atoms with van der Waals surface area (Å²) in [6.07, 6.45) is -3.76. The Hall–Kier alpha value is -4.02. The number of carbonyl (C=O) groups is 3. The molecule has 0 radical (unpaired) electrons. The highest BCUT2D eigenvalue weighted by atomic mass is 19.4. The van der Waals surface area contributed by atoms with Gasteiger partial charge in [-0.25, -0.2) is 9.37 Å². The number of benzene rings is 2. The van der Waals surface area contributed by atoms with Gasteiger partial charge < -0.3 is 15.0 Å². The summed E-state index contributed by atoms with van der Waals surface area (Å²) in [7, 11) is 0. The summed E-state index contributed by atoms with van der Waals surface area (Å²) < 4.78 is 54.4. The van der Waals surface area contributed by atoms with Crippen LogP contribution in [0.25, 0.3) is 0 Å². The first kappa shape index (κ1) is 23.6. The largest absolute Gasteiger partial charge is 0.573 e. The number of hydrogen-bond donors (Lipinski definition) is 2. The maximum Gasteiger partial charge on any atom is 0.573 e. The van der Waals surface area contributed by atoms with Crippen molar-refractivity contribution in [1.82, 2.24) is 9.97 Å². The molecular formula is C22H17F4N3O4. The van der Waals surface area contributed by atoms with Crippen LogP contribution in [0.3, 0.4) is 0 Å². The zero-order valence-corrected chi connectivity index (χ0v) is 17.1. The minimum Gasteiger partial charge on any atom is -0.406 e. The number of rotatable bonds is 8. The lowest BCUT2D eigenvalue weighted by Gasteiger charge is -2.10. The lowest BCUT2D eigenvalue weighted by atomic mass is 10.0. The van der Waals surface area contributed by atoms with E-state index in [1.54, 1.807) is 6.92 Å². The molecule has 2 N–H and O–H groups in total. The summed E-state index contributed by atoms with van der Waals surface area (Å²) in [6.45, 7) is 1.65. The van der Waals surface area contributed by atoms with E-state index in [2.05, 4.69) is 20.0 Å². The second kappa shape index (κ2) is 9.63. The Labute approximate surface area is 184 Å². The Morgan fingerprint density at radius 1 is 1.06 bits per heavy atom. The number of nitrogens with one attached hydrogen (secondary N) is 2. The number of amides is 1. The minimum atomic E-state index is -4.97. The van der Waals surface area contributed by atoms with Gasteiger partial charge in [-0.2, -0.15) is 0 Å². The first-order valence-electron chi connectivity index (χ1n) is 9.62.